The maximum absolute atomic E-state index is 13.0. The first kappa shape index (κ1) is 19.9. The highest BCUT2D eigenvalue weighted by Gasteiger charge is 2.27. The quantitative estimate of drug-likeness (QED) is 0.759. The van der Waals surface area contributed by atoms with Crippen LogP contribution in [0, 0.1) is 11.3 Å². The second-order valence-electron chi connectivity index (χ2n) is 7.71. The van der Waals surface area contributed by atoms with Gasteiger partial charge in [-0.25, -0.2) is 4.68 Å². The van der Waals surface area contributed by atoms with Crippen molar-refractivity contribution in [3.8, 4) is 17.6 Å². The van der Waals surface area contributed by atoms with Gasteiger partial charge >= 0.3 is 0 Å². The third-order valence-electron chi connectivity index (χ3n) is 5.40. The molecule has 2 aromatic rings. The Kier molecular flexibility index (Phi) is 5.68. The van der Waals surface area contributed by atoms with Gasteiger partial charge in [0.05, 0.1) is 23.4 Å². The van der Waals surface area contributed by atoms with Crippen LogP contribution >= 0.6 is 0 Å². The standard InChI is InChI=1S/C21H24N6O3/c22-11-14-3-6-17(7-4-14)27-20(30-13-16-5-8-19(28)24-16)10-18(25-27)21(29)26-9-1-2-15(23)12-26/h3-4,6-7,10,15-16H,1-2,5,8-9,12-13,23H2,(H,24,28)/t15-,16+/m1/s1. The van der Waals surface area contributed by atoms with Crippen molar-refractivity contribution in [2.45, 2.75) is 37.8 Å². The lowest BCUT2D eigenvalue weighted by Crippen LogP contribution is -2.45. The van der Waals surface area contributed by atoms with Crippen molar-refractivity contribution < 1.29 is 14.3 Å². The molecule has 0 bridgehead atoms. The monoisotopic (exact) mass is 408 g/mol. The number of nitrogens with one attached hydrogen (secondary N) is 1. The molecule has 3 heterocycles. The Labute approximate surface area is 174 Å². The molecule has 30 heavy (non-hydrogen) atoms. The van der Waals surface area contributed by atoms with Crippen molar-refractivity contribution in [2.75, 3.05) is 19.7 Å². The first-order valence-corrected chi connectivity index (χ1v) is 10.1. The minimum absolute atomic E-state index is 0.0153. The largest absolute Gasteiger partial charge is 0.475 e. The zero-order valence-electron chi connectivity index (χ0n) is 16.6. The summed E-state index contributed by atoms with van der Waals surface area (Å²) in [6.45, 7) is 1.45. The van der Waals surface area contributed by atoms with Crippen molar-refractivity contribution in [3.05, 3.63) is 41.6 Å². The summed E-state index contributed by atoms with van der Waals surface area (Å²) in [6, 6.07) is 10.5. The molecule has 2 fully saturated rings. The summed E-state index contributed by atoms with van der Waals surface area (Å²) in [5.74, 6) is 0.239. The molecule has 2 aliphatic heterocycles. The number of benzene rings is 1. The van der Waals surface area contributed by atoms with E-state index in [0.29, 0.717) is 43.1 Å². The van der Waals surface area contributed by atoms with E-state index in [4.69, 9.17) is 15.7 Å². The number of nitrogens with two attached hydrogens (primary N) is 1. The molecular weight excluding hydrogens is 384 g/mol. The van der Waals surface area contributed by atoms with Crippen molar-refractivity contribution in [1.29, 1.82) is 5.26 Å². The minimum Gasteiger partial charge on any atom is -0.475 e. The van der Waals surface area contributed by atoms with Gasteiger partial charge in [-0.2, -0.15) is 10.4 Å². The average molecular weight is 408 g/mol. The fraction of sp³-hybridized carbons (Fsp3) is 0.429. The van der Waals surface area contributed by atoms with Gasteiger partial charge in [-0.05, 0) is 43.5 Å². The van der Waals surface area contributed by atoms with E-state index in [0.717, 1.165) is 12.8 Å². The third-order valence-corrected chi connectivity index (χ3v) is 5.40. The number of ether oxygens (including phenoxy) is 1. The molecule has 0 aliphatic carbocycles. The number of hydrogen-bond acceptors (Lipinski definition) is 6. The normalized spacial score (nSPS) is 21.2. The maximum atomic E-state index is 13.0. The summed E-state index contributed by atoms with van der Waals surface area (Å²) < 4.78 is 7.50. The van der Waals surface area contributed by atoms with Gasteiger partial charge in [-0.15, -0.1) is 0 Å². The van der Waals surface area contributed by atoms with E-state index < -0.39 is 0 Å². The topological polar surface area (TPSA) is 126 Å². The second-order valence-corrected chi connectivity index (χ2v) is 7.71. The summed E-state index contributed by atoms with van der Waals surface area (Å²) in [5, 5.41) is 16.4. The summed E-state index contributed by atoms with van der Waals surface area (Å²) in [5.41, 5.74) is 7.50. The van der Waals surface area contributed by atoms with Crippen LogP contribution in [0.1, 0.15) is 41.7 Å². The molecule has 0 spiro atoms. The average Bonchev–Trinajstić information content (AvgIpc) is 3.38. The first-order chi connectivity index (χ1) is 14.5. The molecule has 0 saturated carbocycles. The zero-order chi connectivity index (χ0) is 21.1. The van der Waals surface area contributed by atoms with Gasteiger partial charge < -0.3 is 20.7 Å². The zero-order valence-corrected chi connectivity index (χ0v) is 16.6. The molecular formula is C21H24N6O3. The summed E-state index contributed by atoms with van der Waals surface area (Å²) in [4.78, 5) is 26.1. The van der Waals surface area contributed by atoms with Crippen LogP contribution in [-0.2, 0) is 4.79 Å². The number of aromatic nitrogens is 2. The summed E-state index contributed by atoms with van der Waals surface area (Å²) >= 11 is 0. The predicted molar refractivity (Wildman–Crippen MR) is 108 cm³/mol. The Balaban J connectivity index is 1.59. The van der Waals surface area contributed by atoms with Crippen LogP contribution in [-0.4, -0.2) is 58.3 Å². The van der Waals surface area contributed by atoms with Crippen molar-refractivity contribution in [1.82, 2.24) is 20.0 Å². The van der Waals surface area contributed by atoms with Crippen molar-refractivity contribution in [2.24, 2.45) is 5.73 Å². The molecule has 3 N–H and O–H groups in total. The fourth-order valence-corrected chi connectivity index (χ4v) is 3.78. The van der Waals surface area contributed by atoms with E-state index in [1.165, 1.54) is 0 Å². The fourth-order valence-electron chi connectivity index (χ4n) is 3.78. The molecule has 2 amide bonds. The molecule has 2 atom stereocenters. The van der Waals surface area contributed by atoms with Gasteiger partial charge in [0.1, 0.15) is 6.61 Å². The number of amides is 2. The Morgan fingerprint density at radius 2 is 2.13 bits per heavy atom. The number of piperidine rings is 1. The van der Waals surface area contributed by atoms with E-state index >= 15 is 0 Å². The van der Waals surface area contributed by atoms with Crippen LogP contribution in [0.15, 0.2) is 30.3 Å². The van der Waals surface area contributed by atoms with E-state index in [-0.39, 0.29) is 36.2 Å². The smallest absolute Gasteiger partial charge is 0.274 e. The SMILES string of the molecule is N#Cc1ccc(-n2nc(C(=O)N3CCC[C@@H](N)C3)cc2OC[C@@H]2CCC(=O)N2)cc1. The van der Waals surface area contributed by atoms with E-state index in [1.807, 2.05) is 0 Å². The number of carbonyl (C=O) groups is 2. The van der Waals surface area contributed by atoms with Crippen LogP contribution < -0.4 is 15.8 Å². The lowest BCUT2D eigenvalue weighted by molar-refractivity contribution is -0.119. The lowest BCUT2D eigenvalue weighted by Gasteiger charge is -2.30. The van der Waals surface area contributed by atoms with Crippen LogP contribution in [0.2, 0.25) is 0 Å². The molecule has 1 aromatic carbocycles. The summed E-state index contributed by atoms with van der Waals surface area (Å²) in [7, 11) is 0. The van der Waals surface area contributed by atoms with Gasteiger partial charge in [0.15, 0.2) is 5.69 Å². The highest BCUT2D eigenvalue weighted by atomic mass is 16.5. The van der Waals surface area contributed by atoms with Gasteiger partial charge in [0.2, 0.25) is 11.8 Å². The second kappa shape index (κ2) is 8.55. The Morgan fingerprint density at radius 3 is 2.80 bits per heavy atom. The summed E-state index contributed by atoms with van der Waals surface area (Å²) in [6.07, 6.45) is 2.97. The number of hydrogen-bond donors (Lipinski definition) is 2. The molecule has 0 unspecified atom stereocenters. The first-order valence-electron chi connectivity index (χ1n) is 10.1. The lowest BCUT2D eigenvalue weighted by atomic mass is 10.1. The molecule has 9 nitrogen and oxygen atoms in total. The Hall–Kier alpha value is -3.38. The van der Waals surface area contributed by atoms with Gasteiger partial charge in [0, 0.05) is 31.6 Å². The number of nitriles is 1. The Bertz CT molecular complexity index is 978. The molecule has 0 radical (unpaired) electrons. The van der Waals surface area contributed by atoms with Crippen molar-refractivity contribution >= 4 is 11.8 Å². The van der Waals surface area contributed by atoms with Gasteiger partial charge in [-0.1, -0.05) is 0 Å². The molecule has 1 aromatic heterocycles. The molecule has 4 rings (SSSR count). The van der Waals surface area contributed by atoms with Crippen LogP contribution in [0.25, 0.3) is 5.69 Å². The number of likely N-dealkylation sites (tertiary alicyclic amines) is 1. The van der Waals surface area contributed by atoms with Gasteiger partial charge in [-0.3, -0.25) is 9.59 Å². The highest BCUT2D eigenvalue weighted by molar-refractivity contribution is 5.92. The minimum atomic E-state index is -0.184. The number of nitrogens with zero attached hydrogens (tertiary/aromatic N) is 4. The van der Waals surface area contributed by atoms with Crippen LogP contribution in [0.4, 0.5) is 0 Å². The predicted octanol–water partition coefficient (Wildman–Crippen LogP) is 0.965. The van der Waals surface area contributed by atoms with E-state index in [9.17, 15) is 9.59 Å². The molecule has 2 aliphatic rings. The van der Waals surface area contributed by atoms with Gasteiger partial charge in [0.25, 0.3) is 5.91 Å². The van der Waals surface area contributed by atoms with Crippen LogP contribution in [0.5, 0.6) is 5.88 Å². The highest BCUT2D eigenvalue weighted by Crippen LogP contribution is 2.23. The molecule has 2 saturated heterocycles. The number of carbonyl (C=O) groups excluding carboxylic acids is 2. The molecule has 9 heteroatoms. The van der Waals surface area contributed by atoms with Crippen molar-refractivity contribution in [3.63, 3.8) is 0 Å². The van der Waals surface area contributed by atoms with E-state index in [1.54, 1.807) is 39.9 Å². The third kappa shape index (κ3) is 4.28. The number of rotatable bonds is 5. The van der Waals surface area contributed by atoms with E-state index in [2.05, 4.69) is 16.5 Å². The van der Waals surface area contributed by atoms with Crippen LogP contribution in [0.3, 0.4) is 0 Å². The maximum Gasteiger partial charge on any atom is 0.274 e. The molecule has 156 valence electrons. The Morgan fingerprint density at radius 1 is 1.33 bits per heavy atom.